The Morgan fingerprint density at radius 1 is 0.455 bits per heavy atom. The summed E-state index contributed by atoms with van der Waals surface area (Å²) >= 11 is 0. The number of para-hydroxylation sites is 3. The highest BCUT2D eigenvalue weighted by molar-refractivity contribution is 5.93. The molecule has 0 unspecified atom stereocenters. The minimum Gasteiger partial charge on any atom is -0.332 e. The first-order valence-corrected chi connectivity index (χ1v) is 31.8. The maximum absolute atomic E-state index is 11.5. The van der Waals surface area contributed by atoms with Crippen LogP contribution in [0.4, 0.5) is 0 Å². The zero-order valence-corrected chi connectivity index (χ0v) is 55.4. The quantitative estimate of drug-likeness (QED) is 0.0197. The molecule has 13 rings (SSSR count). The zero-order chi connectivity index (χ0) is 71.1. The van der Waals surface area contributed by atoms with Gasteiger partial charge < -0.3 is 21.8 Å². The molecule has 0 saturated heterocycles. The third-order valence-corrected chi connectivity index (χ3v) is 14.9. The van der Waals surface area contributed by atoms with Gasteiger partial charge in [0.1, 0.15) is 28.2 Å². The molecule has 101 heavy (non-hydrogen) atoms. The van der Waals surface area contributed by atoms with Crippen LogP contribution in [0.25, 0.3) is 22.4 Å². The predicted octanol–water partition coefficient (Wildman–Crippen LogP) is 0.417. The molecule has 0 aliphatic rings. The molecule has 0 bridgehead atoms. The van der Waals surface area contributed by atoms with Crippen molar-refractivity contribution in [3.8, 4) is 11.4 Å². The van der Waals surface area contributed by atoms with E-state index >= 15 is 0 Å². The largest absolute Gasteiger partial charge is 0.332 e. The summed E-state index contributed by atoms with van der Waals surface area (Å²) in [7, 11) is 1.96. The highest BCUT2D eigenvalue weighted by atomic mass is 16.2. The molecule has 0 aliphatic carbocycles. The summed E-state index contributed by atoms with van der Waals surface area (Å²) < 4.78 is 17.0. The van der Waals surface area contributed by atoms with E-state index in [4.69, 9.17) is 28.9 Å². The van der Waals surface area contributed by atoms with Gasteiger partial charge in [-0.2, -0.15) is 27.5 Å². The van der Waals surface area contributed by atoms with Crippen LogP contribution in [-0.2, 0) is 73.5 Å². The van der Waals surface area contributed by atoms with Gasteiger partial charge in [-0.15, -0.1) is 15.3 Å². The molecular weight excluding hydrogens is 1280 g/mol. The van der Waals surface area contributed by atoms with E-state index in [1.54, 1.807) is 77.0 Å². The van der Waals surface area contributed by atoms with Gasteiger partial charge in [-0.1, -0.05) is 64.2 Å². The Labute approximate surface area is 580 Å². The second-order valence-electron chi connectivity index (χ2n) is 22.6. The van der Waals surface area contributed by atoms with Crippen molar-refractivity contribution in [1.29, 1.82) is 0 Å². The standard InChI is InChI=1S/2C15H14N6O.C15H16N5O.C13H17N4O.C13H15N4O/c16-17-15(22)12-5-4-8-20(9-12)10-13-11-21(19-18-13)14-6-2-1-3-7-14;16-17-15(22)12-6-8-20(9-7-12)10-13-11-21(19-18-13)14-4-2-1-3-5-14;16-9-13(21)8-12-4-3-7-19(10-12)11-20-15-6-2-1-5-14(15)17-18-20;1-16-10-15-7-12(16)9-17-4-2-3-11(8-17)5-13(18)6-14;14-8-12(18)7-11-3-1-6-17(9-11)10-13-15-4-2-5-16-13/h1-9,11H,10H2,(H2-,16,17,18,19,22);1-9,11,16,22H,10H2;1-7,10H,8-9,11,16H2;2-4,7-8,10H,5-6,9,14H2,1H3;1-6,9H,7-8,10,14H2/q;;3*+1/p+2. The number of carbonyl (C=O) groups is 5. The molecule has 0 aliphatic heterocycles. The number of hydrogen-bond acceptors (Lipinski definition) is 19. The van der Waals surface area contributed by atoms with E-state index < -0.39 is 0 Å². The fourth-order valence-electron chi connectivity index (χ4n) is 9.87. The van der Waals surface area contributed by atoms with Crippen LogP contribution in [0.3, 0.4) is 0 Å². The van der Waals surface area contributed by atoms with Gasteiger partial charge in [0.2, 0.25) is 13.2 Å². The summed E-state index contributed by atoms with van der Waals surface area (Å²) in [5.41, 5.74) is 30.5. The maximum atomic E-state index is 11.5. The van der Waals surface area contributed by atoms with Gasteiger partial charge >= 0.3 is 0 Å². The van der Waals surface area contributed by atoms with E-state index in [9.17, 15) is 24.0 Å². The van der Waals surface area contributed by atoms with Crippen molar-refractivity contribution in [3.05, 3.63) is 302 Å². The number of nitrogens with one attached hydrogen (secondary N) is 2. The van der Waals surface area contributed by atoms with Crippen molar-refractivity contribution < 1.29 is 46.8 Å². The lowest BCUT2D eigenvalue weighted by Crippen LogP contribution is -2.37. The van der Waals surface area contributed by atoms with Gasteiger partial charge in [0.15, 0.2) is 105 Å². The topological polar surface area (TPSA) is 395 Å². The normalized spacial score (nSPS) is 10.5. The van der Waals surface area contributed by atoms with E-state index in [2.05, 4.69) is 56.7 Å². The smallest absolute Gasteiger partial charge is 0.271 e. The summed E-state index contributed by atoms with van der Waals surface area (Å²) in [4.78, 5) is 69.3. The number of nitrogens with two attached hydrogens (primary N) is 5. The lowest BCUT2D eigenvalue weighted by Gasteiger charge is -2.01. The Bertz CT molecular complexity index is 4800. The molecule has 12 N–H and O–H groups in total. The lowest BCUT2D eigenvalue weighted by atomic mass is 10.1. The Morgan fingerprint density at radius 2 is 0.931 bits per heavy atom. The number of hydrazine groups is 2. The van der Waals surface area contributed by atoms with Gasteiger partial charge in [-0.05, 0) is 66.7 Å². The molecule has 0 radical (unpaired) electrons. The van der Waals surface area contributed by atoms with Crippen molar-refractivity contribution in [1.82, 2.24) is 75.4 Å². The van der Waals surface area contributed by atoms with Crippen LogP contribution in [0.15, 0.2) is 251 Å². The summed E-state index contributed by atoms with van der Waals surface area (Å²) in [6.07, 6.45) is 30.7. The first-order valence-electron chi connectivity index (χ1n) is 31.8. The number of carbonyl (C=O) groups excluding carboxylic acids is 5. The van der Waals surface area contributed by atoms with E-state index in [1.807, 2.05) is 222 Å². The average molecular weight is 1360 g/mol. The van der Waals surface area contributed by atoms with Gasteiger partial charge in [-0.3, -0.25) is 34.8 Å². The molecule has 10 aromatic heterocycles. The number of aromatic nitrogens is 18. The van der Waals surface area contributed by atoms with Crippen molar-refractivity contribution in [2.24, 2.45) is 35.9 Å². The van der Waals surface area contributed by atoms with Crippen LogP contribution in [-0.4, -0.2) is 113 Å². The van der Waals surface area contributed by atoms with E-state index in [-0.39, 0.29) is 48.8 Å². The van der Waals surface area contributed by atoms with E-state index in [0.717, 1.165) is 68.5 Å². The van der Waals surface area contributed by atoms with Crippen molar-refractivity contribution >= 4 is 40.2 Å². The Balaban J connectivity index is 0.000000147. The van der Waals surface area contributed by atoms with Crippen LogP contribution in [0.1, 0.15) is 60.3 Å². The summed E-state index contributed by atoms with van der Waals surface area (Å²) in [6.45, 7) is 3.20. The van der Waals surface area contributed by atoms with E-state index in [0.29, 0.717) is 56.7 Å². The number of fused-ring (bicyclic) bond motifs is 1. The average Bonchev–Trinajstić information content (AvgIpc) is 1.71. The minimum atomic E-state index is -0.331. The van der Waals surface area contributed by atoms with Gasteiger partial charge in [0.05, 0.1) is 67.0 Å². The molecule has 0 saturated carbocycles. The monoisotopic (exact) mass is 1360 g/mol. The Morgan fingerprint density at radius 3 is 1.46 bits per heavy atom. The highest BCUT2D eigenvalue weighted by Gasteiger charge is 2.16. The van der Waals surface area contributed by atoms with Gasteiger partial charge in [-0.25, -0.2) is 36.0 Å². The first kappa shape index (κ1) is 72.4. The molecular formula is C71H78N25O5+5. The van der Waals surface area contributed by atoms with Crippen LogP contribution in [0.2, 0.25) is 0 Å². The lowest BCUT2D eigenvalue weighted by molar-refractivity contribution is -0.702. The fourth-order valence-corrected chi connectivity index (χ4v) is 9.87. The molecule has 0 atom stereocenters. The number of imidazole rings is 1. The molecule has 10 heterocycles. The SMILES string of the molecule is Cn1cncc1C[n+]1cccc(CC(=O)CN)c1.NCC(=O)Cc1ccc[n+](Cc2ncccn2)c1.NCC(=O)Cc1ccc[n+](Cn2nnc3ccccc32)c1.NNC(=O)c1cc[n+](Cc2cn(-c3ccccc3)nn2)cc1.NNC(=O)c1ccc[n+](Cc2cn(-c3ccccc3)nn2)c1. The second-order valence-corrected chi connectivity index (χ2v) is 22.6. The number of aryl methyl sites for hydroxylation is 1. The van der Waals surface area contributed by atoms with E-state index in [1.165, 1.54) is 0 Å². The fraction of sp³-hybridized carbons (Fsp3) is 0.169. The zero-order valence-electron chi connectivity index (χ0n) is 55.4. The number of amides is 2. The van der Waals surface area contributed by atoms with Crippen LogP contribution in [0, 0.1) is 0 Å². The molecule has 30 nitrogen and oxygen atoms in total. The Hall–Kier alpha value is -12.9. The number of Topliss-reactive ketones (excluding diaryl/α,β-unsaturated/α-hetero) is 3. The van der Waals surface area contributed by atoms with Gasteiger partial charge in [0.25, 0.3) is 11.8 Å². The maximum Gasteiger partial charge on any atom is 0.271 e. The molecule has 0 fully saturated rings. The summed E-state index contributed by atoms with van der Waals surface area (Å²) in [5.74, 6) is 10.4. The number of nitrogen functional groups attached to an aromatic ring is 2. The first-order chi connectivity index (χ1) is 49.2. The van der Waals surface area contributed by atoms with Crippen LogP contribution < -0.4 is 62.6 Å². The predicted molar refractivity (Wildman–Crippen MR) is 367 cm³/mol. The molecule has 0 spiro atoms. The number of ketones is 3. The summed E-state index contributed by atoms with van der Waals surface area (Å²) in [6, 6.07) is 47.5. The van der Waals surface area contributed by atoms with Crippen molar-refractivity contribution in [2.45, 2.75) is 52.1 Å². The third kappa shape index (κ3) is 22.6. The van der Waals surface area contributed by atoms with Crippen LogP contribution in [0.5, 0.6) is 0 Å². The van der Waals surface area contributed by atoms with Crippen LogP contribution >= 0.6 is 0 Å². The second kappa shape index (κ2) is 37.6. The molecule has 13 aromatic rings. The minimum absolute atomic E-state index is 0.0268. The Kier molecular flexibility index (Phi) is 26.9. The van der Waals surface area contributed by atoms with Crippen molar-refractivity contribution in [3.63, 3.8) is 0 Å². The number of pyridine rings is 5. The third-order valence-electron chi connectivity index (χ3n) is 14.9. The molecule has 3 aromatic carbocycles. The highest BCUT2D eigenvalue weighted by Crippen LogP contribution is 2.11. The molecule has 30 heteroatoms. The number of hydrogen-bond donors (Lipinski definition) is 7. The number of rotatable bonds is 23. The van der Waals surface area contributed by atoms with Crippen molar-refractivity contribution in [2.75, 3.05) is 19.6 Å². The molecule has 512 valence electrons. The number of benzene rings is 3. The number of nitrogens with zero attached hydrogens (tertiary/aromatic N) is 18. The van der Waals surface area contributed by atoms with Gasteiger partial charge in [0, 0.05) is 91.8 Å². The summed E-state index contributed by atoms with van der Waals surface area (Å²) in [5, 5.41) is 24.8. The molecule has 2 amide bonds.